The third-order valence-electron chi connectivity index (χ3n) is 5.31. The number of anilines is 2. The molecule has 0 saturated carbocycles. The molecule has 11 nitrogen and oxygen atoms in total. The molecule has 0 atom stereocenters. The highest BCUT2D eigenvalue weighted by Crippen LogP contribution is 2.28. The first-order valence-corrected chi connectivity index (χ1v) is 11.3. The van der Waals surface area contributed by atoms with Gasteiger partial charge in [0.2, 0.25) is 0 Å². The summed E-state index contributed by atoms with van der Waals surface area (Å²) in [4.78, 5) is 53.8. The van der Waals surface area contributed by atoms with Crippen molar-refractivity contribution >= 4 is 23.4 Å². The number of aromatic nitrogens is 2. The van der Waals surface area contributed by atoms with Gasteiger partial charge in [-0.1, -0.05) is 30.3 Å². The van der Waals surface area contributed by atoms with Crippen LogP contribution in [0.4, 0.5) is 11.5 Å². The molecule has 0 aliphatic rings. The normalized spacial score (nSPS) is 10.5. The number of methoxy groups -OCH3 is 1. The molecule has 0 aliphatic heterocycles. The van der Waals surface area contributed by atoms with E-state index >= 15 is 0 Å². The fraction of sp³-hybridized carbons (Fsp3) is 0.280. The minimum atomic E-state index is -0.820. The van der Waals surface area contributed by atoms with Gasteiger partial charge in [-0.15, -0.1) is 0 Å². The van der Waals surface area contributed by atoms with Crippen molar-refractivity contribution in [2.75, 3.05) is 37.5 Å². The lowest BCUT2D eigenvalue weighted by Crippen LogP contribution is -2.42. The smallest absolute Gasteiger partial charge is 0.338 e. The van der Waals surface area contributed by atoms with Gasteiger partial charge in [0.05, 0.1) is 25.8 Å². The van der Waals surface area contributed by atoms with Crippen LogP contribution >= 0.6 is 0 Å². The number of amides is 1. The Morgan fingerprint density at radius 1 is 1.06 bits per heavy atom. The summed E-state index contributed by atoms with van der Waals surface area (Å²) in [7, 11) is 1.48. The number of aromatic amines is 1. The first kappa shape index (κ1) is 26.1. The summed E-state index contributed by atoms with van der Waals surface area (Å²) in [5.41, 5.74) is 5.39. The van der Waals surface area contributed by atoms with Crippen molar-refractivity contribution in [1.29, 1.82) is 0 Å². The standard InChI is InChI=1S/C25H28N4O7/c1-4-28(20(30)15-36-24(32)17-11-12-18(34-3)19(13-17)35-5-2)21-22(26)29(25(33)27-23(21)31)14-16-9-7-6-8-10-16/h6-13H,4-5,14-15,26H2,1-3H3,(H,27,31,33). The number of nitrogens with one attached hydrogen (secondary N) is 1. The van der Waals surface area contributed by atoms with Crippen LogP contribution in [0.5, 0.6) is 11.5 Å². The Bertz CT molecular complexity index is 1350. The van der Waals surface area contributed by atoms with Crippen LogP contribution in [-0.4, -0.2) is 48.3 Å². The van der Waals surface area contributed by atoms with Crippen LogP contribution in [0.15, 0.2) is 58.1 Å². The lowest BCUT2D eigenvalue weighted by Gasteiger charge is -2.23. The van der Waals surface area contributed by atoms with Crippen LogP contribution in [0, 0.1) is 0 Å². The fourth-order valence-electron chi connectivity index (χ4n) is 3.58. The van der Waals surface area contributed by atoms with Crippen LogP contribution < -0.4 is 31.4 Å². The summed E-state index contributed by atoms with van der Waals surface area (Å²) in [5, 5.41) is 0. The number of H-pyrrole nitrogens is 1. The van der Waals surface area contributed by atoms with Crippen LogP contribution in [0.3, 0.4) is 0 Å². The molecule has 0 radical (unpaired) electrons. The number of nitrogens with zero attached hydrogens (tertiary/aromatic N) is 2. The fourth-order valence-corrected chi connectivity index (χ4v) is 3.58. The van der Waals surface area contributed by atoms with Gasteiger partial charge in [-0.3, -0.25) is 19.1 Å². The van der Waals surface area contributed by atoms with Crippen molar-refractivity contribution in [3.8, 4) is 11.5 Å². The van der Waals surface area contributed by atoms with Gasteiger partial charge in [-0.25, -0.2) is 9.59 Å². The summed E-state index contributed by atoms with van der Waals surface area (Å²) in [6.07, 6.45) is 0. The zero-order valence-electron chi connectivity index (χ0n) is 20.3. The maximum Gasteiger partial charge on any atom is 0.338 e. The van der Waals surface area contributed by atoms with Crippen LogP contribution in [0.1, 0.15) is 29.8 Å². The summed E-state index contributed by atoms with van der Waals surface area (Å²) in [6.45, 7) is 3.27. The predicted octanol–water partition coefficient (Wildman–Crippen LogP) is 1.78. The van der Waals surface area contributed by atoms with E-state index in [4.69, 9.17) is 19.9 Å². The molecule has 11 heteroatoms. The molecular weight excluding hydrogens is 468 g/mol. The van der Waals surface area contributed by atoms with Gasteiger partial charge in [0.25, 0.3) is 11.5 Å². The number of likely N-dealkylation sites (N-methyl/N-ethyl adjacent to an activating group) is 1. The highest BCUT2D eigenvalue weighted by Gasteiger charge is 2.24. The minimum absolute atomic E-state index is 0.0459. The molecule has 2 aromatic carbocycles. The highest BCUT2D eigenvalue weighted by atomic mass is 16.5. The van der Waals surface area contributed by atoms with E-state index in [-0.39, 0.29) is 30.2 Å². The number of rotatable bonds is 10. The number of esters is 1. The molecule has 190 valence electrons. The first-order chi connectivity index (χ1) is 17.3. The summed E-state index contributed by atoms with van der Waals surface area (Å²) < 4.78 is 17.0. The Hall–Kier alpha value is -4.54. The lowest BCUT2D eigenvalue weighted by molar-refractivity contribution is -0.121. The lowest BCUT2D eigenvalue weighted by atomic mass is 10.2. The molecule has 0 fully saturated rings. The van der Waals surface area contributed by atoms with Crippen molar-refractivity contribution in [1.82, 2.24) is 9.55 Å². The van der Waals surface area contributed by atoms with Crippen molar-refractivity contribution in [3.63, 3.8) is 0 Å². The molecule has 3 N–H and O–H groups in total. The second-order valence-corrected chi connectivity index (χ2v) is 7.58. The average molecular weight is 497 g/mol. The largest absolute Gasteiger partial charge is 0.493 e. The summed E-state index contributed by atoms with van der Waals surface area (Å²) in [5.74, 6) is -0.825. The van der Waals surface area contributed by atoms with Crippen molar-refractivity contribution in [2.24, 2.45) is 0 Å². The molecular formula is C25H28N4O7. The van der Waals surface area contributed by atoms with Gasteiger partial charge < -0.3 is 24.8 Å². The average Bonchev–Trinajstić information content (AvgIpc) is 2.88. The van der Waals surface area contributed by atoms with E-state index in [0.717, 1.165) is 10.5 Å². The number of nitrogen functional groups attached to an aromatic ring is 1. The Morgan fingerprint density at radius 3 is 2.42 bits per heavy atom. The maximum absolute atomic E-state index is 12.9. The molecule has 1 heterocycles. The number of hydrogen-bond acceptors (Lipinski definition) is 8. The van der Waals surface area contributed by atoms with E-state index in [1.165, 1.54) is 23.8 Å². The second-order valence-electron chi connectivity index (χ2n) is 7.58. The Balaban J connectivity index is 1.81. The van der Waals surface area contributed by atoms with Gasteiger partial charge >= 0.3 is 11.7 Å². The van der Waals surface area contributed by atoms with E-state index in [0.29, 0.717) is 18.1 Å². The summed E-state index contributed by atoms with van der Waals surface area (Å²) >= 11 is 0. The number of carbonyl (C=O) groups excluding carboxylic acids is 2. The molecule has 1 amide bonds. The maximum atomic E-state index is 12.9. The molecule has 3 rings (SSSR count). The highest BCUT2D eigenvalue weighted by molar-refractivity contribution is 5.98. The van der Waals surface area contributed by atoms with E-state index in [1.54, 1.807) is 44.2 Å². The van der Waals surface area contributed by atoms with E-state index < -0.39 is 29.7 Å². The van der Waals surface area contributed by atoms with Crippen LogP contribution in [0.25, 0.3) is 0 Å². The van der Waals surface area contributed by atoms with Gasteiger partial charge in [-0.05, 0) is 37.6 Å². The molecule has 36 heavy (non-hydrogen) atoms. The van der Waals surface area contributed by atoms with Gasteiger partial charge in [-0.2, -0.15) is 0 Å². The Labute approximate surface area is 207 Å². The second kappa shape index (κ2) is 11.7. The number of nitrogens with two attached hydrogens (primary N) is 1. The Morgan fingerprint density at radius 2 is 1.78 bits per heavy atom. The number of hydrogen-bond donors (Lipinski definition) is 2. The zero-order chi connectivity index (χ0) is 26.2. The van der Waals surface area contributed by atoms with E-state index in [9.17, 15) is 19.2 Å². The monoisotopic (exact) mass is 496 g/mol. The first-order valence-electron chi connectivity index (χ1n) is 11.3. The molecule has 0 saturated heterocycles. The zero-order valence-corrected chi connectivity index (χ0v) is 20.3. The molecule has 0 aliphatic carbocycles. The van der Waals surface area contributed by atoms with E-state index in [1.807, 2.05) is 6.07 Å². The molecule has 0 bridgehead atoms. The van der Waals surface area contributed by atoms with Gasteiger partial charge in [0, 0.05) is 6.54 Å². The van der Waals surface area contributed by atoms with Crippen LogP contribution in [-0.2, 0) is 16.1 Å². The number of benzene rings is 2. The minimum Gasteiger partial charge on any atom is -0.493 e. The van der Waals surface area contributed by atoms with Gasteiger partial charge in [0.15, 0.2) is 23.8 Å². The summed E-state index contributed by atoms with van der Waals surface area (Å²) in [6, 6.07) is 13.5. The van der Waals surface area contributed by atoms with Crippen LogP contribution in [0.2, 0.25) is 0 Å². The van der Waals surface area contributed by atoms with Crippen molar-refractivity contribution in [2.45, 2.75) is 20.4 Å². The quantitative estimate of drug-likeness (QED) is 0.404. The molecule has 0 spiro atoms. The molecule has 0 unspecified atom stereocenters. The van der Waals surface area contributed by atoms with Gasteiger partial charge in [0.1, 0.15) is 5.82 Å². The topological polar surface area (TPSA) is 146 Å². The SMILES string of the molecule is CCOc1cc(C(=O)OCC(=O)N(CC)c2c(N)n(Cc3ccccc3)c(=O)[nH]c2=O)ccc1OC. The van der Waals surface area contributed by atoms with Crippen molar-refractivity contribution < 1.29 is 23.8 Å². The molecule has 3 aromatic rings. The van der Waals surface area contributed by atoms with Crippen molar-refractivity contribution in [3.05, 3.63) is 80.5 Å². The molecule has 1 aromatic heterocycles. The number of ether oxygens (including phenoxy) is 3. The van der Waals surface area contributed by atoms with E-state index in [2.05, 4.69) is 4.98 Å². The Kier molecular flexibility index (Phi) is 8.50. The number of carbonyl (C=O) groups is 2. The third-order valence-corrected chi connectivity index (χ3v) is 5.31. The predicted molar refractivity (Wildman–Crippen MR) is 134 cm³/mol. The third kappa shape index (κ3) is 5.74.